The molecule has 0 aliphatic rings. The number of aliphatic hydroxyl groups excluding tert-OH is 1. The summed E-state index contributed by atoms with van der Waals surface area (Å²) in [6.45, 7) is 1.51. The zero-order valence-electron chi connectivity index (χ0n) is 9.34. The minimum absolute atomic E-state index is 0.296. The van der Waals surface area contributed by atoms with Crippen LogP contribution in [0.15, 0.2) is 11.0 Å². The summed E-state index contributed by atoms with van der Waals surface area (Å²) < 4.78 is 3.75. The van der Waals surface area contributed by atoms with Gasteiger partial charge in [0.15, 0.2) is 5.65 Å². The summed E-state index contributed by atoms with van der Waals surface area (Å²) in [4.78, 5) is 16.4. The lowest BCUT2D eigenvalue weighted by Gasteiger charge is -2.00. The molecule has 17 heavy (non-hydrogen) atoms. The normalized spacial score (nSPS) is 11.7. The van der Waals surface area contributed by atoms with Gasteiger partial charge in [-0.05, 0) is 6.92 Å². The second kappa shape index (κ2) is 3.38. The van der Waals surface area contributed by atoms with Crippen molar-refractivity contribution < 1.29 is 5.11 Å². The molecular formula is C10H10N4O2S. The molecule has 0 unspecified atom stereocenters. The Kier molecular flexibility index (Phi) is 2.07. The molecule has 0 spiro atoms. The van der Waals surface area contributed by atoms with Crippen molar-refractivity contribution in [1.82, 2.24) is 19.3 Å². The quantitative estimate of drug-likeness (QED) is 0.686. The van der Waals surface area contributed by atoms with Crippen molar-refractivity contribution in [3.05, 3.63) is 21.6 Å². The molecule has 0 fully saturated rings. The summed E-state index contributed by atoms with van der Waals surface area (Å²) in [6, 6.07) is 0. The molecule has 1 N–H and O–H groups in total. The fourth-order valence-electron chi connectivity index (χ4n) is 1.99. The molecule has 0 amide bonds. The number of fused-ring (bicyclic) bond motifs is 3. The summed E-state index contributed by atoms with van der Waals surface area (Å²) in [7, 11) is 1.80. The highest BCUT2D eigenvalue weighted by atomic mass is 32.1. The summed E-state index contributed by atoms with van der Waals surface area (Å²) in [5.74, 6) is 0. The topological polar surface area (TPSA) is 72.9 Å². The number of hydrogen-bond acceptors (Lipinski definition) is 5. The smallest absolute Gasteiger partial charge is 0.293 e. The minimum Gasteiger partial charge on any atom is -0.374 e. The van der Waals surface area contributed by atoms with E-state index in [1.165, 1.54) is 0 Å². The first-order valence-electron chi connectivity index (χ1n) is 5.06. The van der Waals surface area contributed by atoms with Gasteiger partial charge in [-0.3, -0.25) is 4.79 Å². The lowest BCUT2D eigenvalue weighted by atomic mass is 10.4. The molecular weight excluding hydrogens is 240 g/mol. The van der Waals surface area contributed by atoms with Crippen molar-refractivity contribution in [1.29, 1.82) is 0 Å². The molecule has 0 aromatic carbocycles. The molecule has 0 atom stereocenters. The second-order valence-electron chi connectivity index (χ2n) is 3.80. The Labute approximate surface area is 99.7 Å². The van der Waals surface area contributed by atoms with Gasteiger partial charge in [-0.1, -0.05) is 0 Å². The van der Waals surface area contributed by atoms with Gasteiger partial charge in [0.05, 0.1) is 15.9 Å². The third-order valence-corrected chi connectivity index (χ3v) is 3.76. The van der Waals surface area contributed by atoms with E-state index in [2.05, 4.69) is 10.1 Å². The van der Waals surface area contributed by atoms with Gasteiger partial charge in [0.25, 0.3) is 5.56 Å². The van der Waals surface area contributed by atoms with Gasteiger partial charge >= 0.3 is 0 Å². The molecule has 3 heterocycles. The summed E-state index contributed by atoms with van der Waals surface area (Å²) >= 11 is 1.54. The Morgan fingerprint density at radius 1 is 1.53 bits per heavy atom. The number of aliphatic hydroxyl groups is 1. The van der Waals surface area contributed by atoms with Crippen LogP contribution in [0.3, 0.4) is 0 Å². The Morgan fingerprint density at radius 3 is 3.00 bits per heavy atom. The van der Waals surface area contributed by atoms with E-state index in [-0.39, 0.29) is 5.56 Å². The van der Waals surface area contributed by atoms with Gasteiger partial charge in [0, 0.05) is 12.4 Å². The number of nitrogens with zero attached hydrogens (tertiary/aromatic N) is 4. The average molecular weight is 250 g/mol. The fraction of sp³-hybridized carbons (Fsp3) is 0.300. The predicted molar refractivity (Wildman–Crippen MR) is 65.1 cm³/mol. The van der Waals surface area contributed by atoms with Crippen molar-refractivity contribution in [3.8, 4) is 0 Å². The summed E-state index contributed by atoms with van der Waals surface area (Å²) in [5.41, 5.74) is 1.02. The first kappa shape index (κ1) is 10.4. The van der Waals surface area contributed by atoms with Crippen LogP contribution in [0.25, 0.3) is 21.3 Å². The van der Waals surface area contributed by atoms with Crippen molar-refractivity contribution in [2.75, 3.05) is 0 Å². The van der Waals surface area contributed by atoms with Crippen LogP contribution in [-0.2, 0) is 13.8 Å². The first-order valence-corrected chi connectivity index (χ1v) is 5.87. The molecule has 3 rings (SSSR count). The van der Waals surface area contributed by atoms with E-state index in [9.17, 15) is 4.79 Å². The van der Waals surface area contributed by atoms with Gasteiger partial charge < -0.3 is 9.67 Å². The Morgan fingerprint density at radius 2 is 2.29 bits per heavy atom. The standard InChI is InChI=1S/C10H10N4O2S/c1-5-12-9-8(17-5)6-3-11-14(4-15)10(16)7(6)13(9)2/h3,15H,4H2,1-2H3. The summed E-state index contributed by atoms with van der Waals surface area (Å²) in [6.07, 6.45) is 1.60. The molecule has 3 aromatic heterocycles. The fourth-order valence-corrected chi connectivity index (χ4v) is 2.95. The molecule has 0 bridgehead atoms. The highest BCUT2D eigenvalue weighted by molar-refractivity contribution is 7.19. The maximum Gasteiger partial charge on any atom is 0.293 e. The largest absolute Gasteiger partial charge is 0.374 e. The molecule has 3 aromatic rings. The van der Waals surface area contributed by atoms with Gasteiger partial charge in [-0.2, -0.15) is 5.10 Å². The highest BCUT2D eigenvalue weighted by Gasteiger charge is 2.16. The number of thiazole rings is 1. The third-order valence-electron chi connectivity index (χ3n) is 2.77. The van der Waals surface area contributed by atoms with E-state index in [0.717, 1.165) is 25.4 Å². The van der Waals surface area contributed by atoms with Crippen molar-refractivity contribution in [3.63, 3.8) is 0 Å². The molecule has 6 nitrogen and oxygen atoms in total. The maximum atomic E-state index is 12.0. The predicted octanol–water partition coefficient (Wildman–Crippen LogP) is 0.603. The minimum atomic E-state index is -0.417. The van der Waals surface area contributed by atoms with Crippen LogP contribution in [0, 0.1) is 6.92 Å². The van der Waals surface area contributed by atoms with E-state index < -0.39 is 6.73 Å². The zero-order valence-corrected chi connectivity index (χ0v) is 10.2. The number of aryl methyl sites for hydroxylation is 2. The summed E-state index contributed by atoms with van der Waals surface area (Å²) in [5, 5.41) is 14.7. The zero-order chi connectivity index (χ0) is 12.2. The molecule has 7 heteroatoms. The Bertz CT molecular complexity index is 783. The van der Waals surface area contributed by atoms with Crippen molar-refractivity contribution in [2.24, 2.45) is 7.05 Å². The number of aromatic nitrogens is 4. The van der Waals surface area contributed by atoms with Crippen LogP contribution < -0.4 is 5.56 Å². The van der Waals surface area contributed by atoms with E-state index >= 15 is 0 Å². The van der Waals surface area contributed by atoms with E-state index in [4.69, 9.17) is 5.11 Å². The molecule has 0 aliphatic heterocycles. The molecule has 88 valence electrons. The van der Waals surface area contributed by atoms with E-state index in [0.29, 0.717) is 5.52 Å². The number of rotatable bonds is 1. The Hall–Kier alpha value is -1.73. The molecule has 0 saturated heterocycles. The first-order chi connectivity index (χ1) is 8.13. The molecule has 0 aliphatic carbocycles. The van der Waals surface area contributed by atoms with Crippen LogP contribution >= 0.6 is 11.3 Å². The van der Waals surface area contributed by atoms with Gasteiger partial charge in [-0.25, -0.2) is 9.67 Å². The van der Waals surface area contributed by atoms with Gasteiger partial charge in [0.1, 0.15) is 12.2 Å². The van der Waals surface area contributed by atoms with Crippen LogP contribution in [0.2, 0.25) is 0 Å². The lowest BCUT2D eigenvalue weighted by molar-refractivity contribution is 0.189. The van der Waals surface area contributed by atoms with E-state index in [1.54, 1.807) is 29.1 Å². The van der Waals surface area contributed by atoms with Crippen LogP contribution in [0.1, 0.15) is 5.01 Å². The van der Waals surface area contributed by atoms with Crippen LogP contribution in [0.5, 0.6) is 0 Å². The van der Waals surface area contributed by atoms with Gasteiger partial charge in [-0.15, -0.1) is 11.3 Å². The molecule has 0 saturated carbocycles. The highest BCUT2D eigenvalue weighted by Crippen LogP contribution is 2.29. The SMILES string of the molecule is Cc1nc2c(s1)c1cnn(CO)c(=O)c1n2C. The van der Waals surface area contributed by atoms with Crippen LogP contribution in [0.4, 0.5) is 0 Å². The monoisotopic (exact) mass is 250 g/mol. The second-order valence-corrected chi connectivity index (χ2v) is 5.00. The van der Waals surface area contributed by atoms with Crippen molar-refractivity contribution in [2.45, 2.75) is 13.7 Å². The number of hydrogen-bond donors (Lipinski definition) is 1. The lowest BCUT2D eigenvalue weighted by Crippen LogP contribution is -2.23. The van der Waals surface area contributed by atoms with E-state index in [1.807, 2.05) is 6.92 Å². The molecule has 0 radical (unpaired) electrons. The average Bonchev–Trinajstić information content (AvgIpc) is 2.79. The van der Waals surface area contributed by atoms with Crippen molar-refractivity contribution >= 4 is 32.6 Å². The third kappa shape index (κ3) is 1.26. The maximum absolute atomic E-state index is 12.0. The Balaban J connectivity index is 2.58. The van der Waals surface area contributed by atoms with Crippen LogP contribution in [-0.4, -0.2) is 24.4 Å². The van der Waals surface area contributed by atoms with Gasteiger partial charge in [0.2, 0.25) is 0 Å².